The summed E-state index contributed by atoms with van der Waals surface area (Å²) in [6, 6.07) is 6.48. The average molecular weight is 289 g/mol. The maximum absolute atomic E-state index is 10.7. The highest BCUT2D eigenvalue weighted by atomic mass is 16.5. The van der Waals surface area contributed by atoms with Crippen molar-refractivity contribution in [1.29, 1.82) is 0 Å². The molecule has 0 bridgehead atoms. The summed E-state index contributed by atoms with van der Waals surface area (Å²) in [5.74, 6) is 1.16. The van der Waals surface area contributed by atoms with E-state index in [1.807, 2.05) is 0 Å². The van der Waals surface area contributed by atoms with Gasteiger partial charge in [-0.1, -0.05) is 39.0 Å². The van der Waals surface area contributed by atoms with E-state index in [1.54, 1.807) is 12.1 Å². The van der Waals surface area contributed by atoms with Crippen molar-refractivity contribution in [3.05, 3.63) is 29.8 Å². The summed E-state index contributed by atoms with van der Waals surface area (Å²) in [4.78, 5) is 10.7. The summed E-state index contributed by atoms with van der Waals surface area (Å²) < 4.78 is 5.78. The molecule has 0 radical (unpaired) electrons. The third-order valence-electron chi connectivity index (χ3n) is 4.51. The lowest BCUT2D eigenvalue weighted by atomic mass is 9.80. The number of aromatic carboxylic acids is 1. The van der Waals surface area contributed by atoms with Gasteiger partial charge >= 0.3 is 0 Å². The van der Waals surface area contributed by atoms with E-state index >= 15 is 0 Å². The smallest absolute Gasteiger partial charge is 0.119 e. The normalized spacial score (nSPS) is 22.0. The number of unbranched alkanes of at least 4 members (excludes halogenated alkanes) is 1. The fourth-order valence-electron chi connectivity index (χ4n) is 3.08. The van der Waals surface area contributed by atoms with Gasteiger partial charge in [-0.05, 0) is 54.5 Å². The molecule has 1 aromatic carbocycles. The van der Waals surface area contributed by atoms with Gasteiger partial charge in [0.25, 0.3) is 0 Å². The van der Waals surface area contributed by atoms with Crippen molar-refractivity contribution in [1.82, 2.24) is 0 Å². The minimum atomic E-state index is -1.15. The third kappa shape index (κ3) is 5.07. The Balaban J connectivity index is 1.70. The number of carbonyl (C=O) groups excluding carboxylic acids is 1. The van der Waals surface area contributed by atoms with Gasteiger partial charge in [-0.25, -0.2) is 0 Å². The predicted molar refractivity (Wildman–Crippen MR) is 81.2 cm³/mol. The van der Waals surface area contributed by atoms with E-state index in [1.165, 1.54) is 57.1 Å². The standard InChI is InChI=1S/C18H26O3/c1-2-3-4-14-5-7-15(8-6-14)13-21-17-11-9-16(10-12-17)18(19)20/h9-12,14-15H,2-8,13H2,1H3,(H,19,20)/p-1. The lowest BCUT2D eigenvalue weighted by Crippen LogP contribution is -2.22. The van der Waals surface area contributed by atoms with Gasteiger partial charge in [0.15, 0.2) is 0 Å². The van der Waals surface area contributed by atoms with E-state index in [2.05, 4.69) is 6.92 Å². The number of carboxylic acid groups (broad SMARTS) is 1. The summed E-state index contributed by atoms with van der Waals surface area (Å²) in [6.45, 7) is 3.00. The Morgan fingerprint density at radius 3 is 2.33 bits per heavy atom. The van der Waals surface area contributed by atoms with Crippen LogP contribution in [0.5, 0.6) is 5.75 Å². The van der Waals surface area contributed by atoms with Crippen LogP contribution in [0, 0.1) is 11.8 Å². The molecule has 1 aromatic rings. The highest BCUT2D eigenvalue weighted by Gasteiger charge is 2.21. The van der Waals surface area contributed by atoms with Gasteiger partial charge in [-0.15, -0.1) is 0 Å². The van der Waals surface area contributed by atoms with E-state index in [0.717, 1.165) is 18.3 Å². The van der Waals surface area contributed by atoms with Crippen molar-refractivity contribution in [3.63, 3.8) is 0 Å². The summed E-state index contributed by atoms with van der Waals surface area (Å²) >= 11 is 0. The largest absolute Gasteiger partial charge is 0.545 e. The zero-order chi connectivity index (χ0) is 15.1. The fourth-order valence-corrected chi connectivity index (χ4v) is 3.08. The van der Waals surface area contributed by atoms with Crippen LogP contribution in [0.4, 0.5) is 0 Å². The Morgan fingerprint density at radius 2 is 1.76 bits per heavy atom. The molecule has 3 heteroatoms. The molecule has 0 atom stereocenters. The molecule has 0 heterocycles. The Hall–Kier alpha value is -1.51. The second kappa shape index (κ2) is 8.06. The summed E-state index contributed by atoms with van der Waals surface area (Å²) in [5.41, 5.74) is 0.193. The van der Waals surface area contributed by atoms with Crippen molar-refractivity contribution in [2.75, 3.05) is 6.61 Å². The summed E-state index contributed by atoms with van der Waals surface area (Å²) in [7, 11) is 0. The molecule has 0 aromatic heterocycles. The van der Waals surface area contributed by atoms with Crippen molar-refractivity contribution in [2.45, 2.75) is 51.9 Å². The Labute approximate surface area is 127 Å². The summed E-state index contributed by atoms with van der Waals surface area (Å²) in [5, 5.41) is 10.7. The molecule has 0 N–H and O–H groups in total. The van der Waals surface area contributed by atoms with Gasteiger partial charge < -0.3 is 14.6 Å². The molecule has 2 rings (SSSR count). The first-order chi connectivity index (χ1) is 10.2. The molecule has 1 saturated carbocycles. The lowest BCUT2D eigenvalue weighted by molar-refractivity contribution is -0.255. The molecule has 0 saturated heterocycles. The minimum Gasteiger partial charge on any atom is -0.545 e. The Kier molecular flexibility index (Phi) is 6.09. The van der Waals surface area contributed by atoms with Crippen LogP contribution < -0.4 is 9.84 Å². The average Bonchev–Trinajstić information content (AvgIpc) is 2.52. The highest BCUT2D eigenvalue weighted by Crippen LogP contribution is 2.32. The minimum absolute atomic E-state index is 0.193. The molecular weight excluding hydrogens is 264 g/mol. The summed E-state index contributed by atoms with van der Waals surface area (Å²) in [6.07, 6.45) is 9.21. The van der Waals surface area contributed by atoms with Crippen LogP contribution in [0.25, 0.3) is 0 Å². The van der Waals surface area contributed by atoms with E-state index < -0.39 is 5.97 Å². The zero-order valence-electron chi connectivity index (χ0n) is 12.8. The number of rotatable bonds is 7. The number of carboxylic acids is 1. The fraction of sp³-hybridized carbons (Fsp3) is 0.611. The second-order valence-electron chi connectivity index (χ2n) is 6.15. The topological polar surface area (TPSA) is 49.4 Å². The number of ether oxygens (including phenoxy) is 1. The van der Waals surface area contributed by atoms with Crippen molar-refractivity contribution >= 4 is 5.97 Å². The monoisotopic (exact) mass is 289 g/mol. The van der Waals surface area contributed by atoms with Crippen molar-refractivity contribution in [2.24, 2.45) is 11.8 Å². The van der Waals surface area contributed by atoms with Gasteiger partial charge in [0.05, 0.1) is 12.6 Å². The molecule has 0 spiro atoms. The molecule has 3 nitrogen and oxygen atoms in total. The number of benzene rings is 1. The third-order valence-corrected chi connectivity index (χ3v) is 4.51. The molecule has 1 aliphatic carbocycles. The van der Waals surface area contributed by atoms with E-state index in [9.17, 15) is 9.90 Å². The van der Waals surface area contributed by atoms with Crippen LogP contribution in [0.2, 0.25) is 0 Å². The van der Waals surface area contributed by atoms with Gasteiger partial charge in [0.2, 0.25) is 0 Å². The van der Waals surface area contributed by atoms with E-state index in [-0.39, 0.29) is 5.56 Å². The van der Waals surface area contributed by atoms with E-state index in [0.29, 0.717) is 5.92 Å². The molecule has 1 aliphatic rings. The van der Waals surface area contributed by atoms with Crippen LogP contribution in [0.1, 0.15) is 62.2 Å². The SMILES string of the molecule is CCCCC1CCC(COc2ccc(C(=O)[O-])cc2)CC1. The van der Waals surface area contributed by atoms with Crippen LogP contribution in [0.15, 0.2) is 24.3 Å². The van der Waals surface area contributed by atoms with Gasteiger partial charge in [-0.2, -0.15) is 0 Å². The number of hydrogen-bond acceptors (Lipinski definition) is 3. The maximum atomic E-state index is 10.7. The Bertz CT molecular complexity index is 430. The molecule has 21 heavy (non-hydrogen) atoms. The van der Waals surface area contributed by atoms with Crippen molar-refractivity contribution in [3.8, 4) is 5.75 Å². The zero-order valence-corrected chi connectivity index (χ0v) is 12.8. The number of carbonyl (C=O) groups is 1. The molecular formula is C18H25O3-. The molecule has 0 unspecified atom stereocenters. The predicted octanol–water partition coefficient (Wildman–Crippen LogP) is 3.43. The number of hydrogen-bond donors (Lipinski definition) is 0. The lowest BCUT2D eigenvalue weighted by Gasteiger charge is -2.28. The van der Waals surface area contributed by atoms with Gasteiger partial charge in [0.1, 0.15) is 5.75 Å². The Morgan fingerprint density at radius 1 is 1.14 bits per heavy atom. The first kappa shape index (κ1) is 15.9. The first-order valence-corrected chi connectivity index (χ1v) is 8.13. The van der Waals surface area contributed by atoms with E-state index in [4.69, 9.17) is 4.74 Å². The molecule has 0 amide bonds. The van der Waals surface area contributed by atoms with Crippen molar-refractivity contribution < 1.29 is 14.6 Å². The quantitative estimate of drug-likeness (QED) is 0.772. The van der Waals surface area contributed by atoms with Crippen LogP contribution in [0.3, 0.4) is 0 Å². The molecule has 116 valence electrons. The van der Waals surface area contributed by atoms with Crippen LogP contribution in [-0.2, 0) is 0 Å². The van der Waals surface area contributed by atoms with Gasteiger partial charge in [0, 0.05) is 0 Å². The van der Waals surface area contributed by atoms with Crippen LogP contribution >= 0.6 is 0 Å². The first-order valence-electron chi connectivity index (χ1n) is 8.13. The highest BCUT2D eigenvalue weighted by molar-refractivity contribution is 5.85. The van der Waals surface area contributed by atoms with Crippen LogP contribution in [-0.4, -0.2) is 12.6 Å². The second-order valence-corrected chi connectivity index (χ2v) is 6.15. The maximum Gasteiger partial charge on any atom is 0.119 e. The molecule has 1 fully saturated rings. The molecule has 0 aliphatic heterocycles. The van der Waals surface area contributed by atoms with Gasteiger partial charge in [-0.3, -0.25) is 0 Å².